The topological polar surface area (TPSA) is 41.6 Å². The highest BCUT2D eigenvalue weighted by molar-refractivity contribution is 8.93. The van der Waals surface area contributed by atoms with Gasteiger partial charge in [0.25, 0.3) is 5.91 Å². The fraction of sp³-hybridized carbons (Fsp3) is 0.516. The van der Waals surface area contributed by atoms with Gasteiger partial charge >= 0.3 is 0 Å². The van der Waals surface area contributed by atoms with Gasteiger partial charge in [-0.05, 0) is 47.7 Å². The van der Waals surface area contributed by atoms with E-state index in [-0.39, 0.29) is 22.9 Å². The molecule has 0 fully saturated rings. The van der Waals surface area contributed by atoms with Crippen LogP contribution in [0.2, 0.25) is 0 Å². The summed E-state index contributed by atoms with van der Waals surface area (Å²) in [5.41, 5.74) is 2.65. The standard InChI is InChI=1S/C31H44N2O2S.BrH/c1-2-3-4-5-6-7-8-9-10-11-12-13-22-35-30-16-14-15-28(24-30)31(34)32-29-19-17-27(18-20-29)25-33-21-23-36-26-33;/h14-21,23-24H,2-13,22,25-26H2,1H3,(H,32,34);1H. The Morgan fingerprint density at radius 2 is 1.54 bits per heavy atom. The highest BCUT2D eigenvalue weighted by Gasteiger charge is 2.09. The highest BCUT2D eigenvalue weighted by atomic mass is 79.9. The van der Waals surface area contributed by atoms with E-state index in [4.69, 9.17) is 4.74 Å². The molecule has 1 aliphatic heterocycles. The van der Waals surface area contributed by atoms with Gasteiger partial charge in [-0.25, -0.2) is 0 Å². The molecule has 0 aliphatic carbocycles. The van der Waals surface area contributed by atoms with E-state index < -0.39 is 0 Å². The first-order valence-corrected chi connectivity index (χ1v) is 14.9. The minimum Gasteiger partial charge on any atom is -0.494 e. The van der Waals surface area contributed by atoms with Crippen LogP contribution in [0.3, 0.4) is 0 Å². The van der Waals surface area contributed by atoms with E-state index in [1.165, 1.54) is 76.2 Å². The Bertz CT molecular complexity index is 920. The Kier molecular flexibility index (Phi) is 16.2. The third-order valence-electron chi connectivity index (χ3n) is 6.57. The van der Waals surface area contributed by atoms with E-state index in [9.17, 15) is 4.79 Å². The van der Waals surface area contributed by atoms with Crippen LogP contribution in [0.15, 0.2) is 60.1 Å². The van der Waals surface area contributed by atoms with Gasteiger partial charge in [0.1, 0.15) is 5.75 Å². The third-order valence-corrected chi connectivity index (χ3v) is 7.36. The SMILES string of the molecule is Br.CCCCCCCCCCCCCCOc1cccc(C(=O)Nc2ccc(CN3C=CSC3)cc2)c1. The van der Waals surface area contributed by atoms with Crippen molar-refractivity contribution in [3.63, 3.8) is 0 Å². The lowest BCUT2D eigenvalue weighted by molar-refractivity contribution is 0.102. The maximum atomic E-state index is 12.7. The summed E-state index contributed by atoms with van der Waals surface area (Å²) >= 11 is 1.80. The van der Waals surface area contributed by atoms with E-state index in [1.807, 2.05) is 36.4 Å². The summed E-state index contributed by atoms with van der Waals surface area (Å²) in [6.07, 6.45) is 18.1. The quantitative estimate of drug-likeness (QED) is 0.176. The van der Waals surface area contributed by atoms with Crippen molar-refractivity contribution < 1.29 is 9.53 Å². The average Bonchev–Trinajstić information content (AvgIpc) is 3.41. The molecular weight excluding hydrogens is 544 g/mol. The van der Waals surface area contributed by atoms with Gasteiger partial charge in [-0.1, -0.05) is 95.8 Å². The molecule has 1 amide bonds. The van der Waals surface area contributed by atoms with Crippen LogP contribution in [-0.2, 0) is 6.54 Å². The van der Waals surface area contributed by atoms with Crippen molar-refractivity contribution in [3.05, 3.63) is 71.3 Å². The number of amides is 1. The van der Waals surface area contributed by atoms with Gasteiger partial charge in [0.2, 0.25) is 0 Å². The molecule has 2 aromatic carbocycles. The smallest absolute Gasteiger partial charge is 0.255 e. The molecule has 0 radical (unpaired) electrons. The summed E-state index contributed by atoms with van der Waals surface area (Å²) in [6, 6.07) is 15.6. The Morgan fingerprint density at radius 3 is 2.16 bits per heavy atom. The summed E-state index contributed by atoms with van der Waals surface area (Å²) in [7, 11) is 0. The number of hydrogen-bond donors (Lipinski definition) is 1. The fourth-order valence-electron chi connectivity index (χ4n) is 4.40. The Hall–Kier alpha value is -1.92. The van der Waals surface area contributed by atoms with Crippen LogP contribution in [0.1, 0.15) is 99.9 Å². The van der Waals surface area contributed by atoms with E-state index in [0.29, 0.717) is 12.2 Å². The van der Waals surface area contributed by atoms with Crippen LogP contribution in [0.25, 0.3) is 0 Å². The van der Waals surface area contributed by atoms with Gasteiger partial charge in [0, 0.05) is 24.0 Å². The number of nitrogens with zero attached hydrogens (tertiary/aromatic N) is 1. The maximum Gasteiger partial charge on any atom is 0.255 e. The lowest BCUT2D eigenvalue weighted by atomic mass is 10.1. The van der Waals surface area contributed by atoms with E-state index in [1.54, 1.807) is 11.8 Å². The van der Waals surface area contributed by atoms with Crippen molar-refractivity contribution in [2.75, 3.05) is 17.8 Å². The van der Waals surface area contributed by atoms with Crippen LogP contribution in [0, 0.1) is 0 Å². The van der Waals surface area contributed by atoms with Crippen LogP contribution >= 0.6 is 28.7 Å². The number of carbonyl (C=O) groups excluding carboxylic acids is 1. The van der Waals surface area contributed by atoms with Crippen molar-refractivity contribution in [2.45, 2.75) is 90.5 Å². The zero-order valence-electron chi connectivity index (χ0n) is 22.5. The predicted molar refractivity (Wildman–Crippen MR) is 165 cm³/mol. The molecule has 0 saturated carbocycles. The molecule has 37 heavy (non-hydrogen) atoms. The number of nitrogens with one attached hydrogen (secondary N) is 1. The molecule has 0 saturated heterocycles. The maximum absolute atomic E-state index is 12.7. The fourth-order valence-corrected chi connectivity index (χ4v) is 5.11. The van der Waals surface area contributed by atoms with Crippen LogP contribution in [0.5, 0.6) is 5.75 Å². The molecule has 1 heterocycles. The molecule has 4 nitrogen and oxygen atoms in total. The Labute approximate surface area is 239 Å². The summed E-state index contributed by atoms with van der Waals surface area (Å²) < 4.78 is 5.93. The molecule has 204 valence electrons. The van der Waals surface area contributed by atoms with Crippen molar-refractivity contribution in [1.82, 2.24) is 4.90 Å². The van der Waals surface area contributed by atoms with Crippen molar-refractivity contribution >= 4 is 40.3 Å². The highest BCUT2D eigenvalue weighted by Crippen LogP contribution is 2.20. The number of carbonyl (C=O) groups is 1. The van der Waals surface area contributed by atoms with Crippen molar-refractivity contribution in [2.24, 2.45) is 0 Å². The monoisotopic (exact) mass is 588 g/mol. The summed E-state index contributed by atoms with van der Waals surface area (Å²) in [6.45, 7) is 3.86. The van der Waals surface area contributed by atoms with E-state index in [0.717, 1.165) is 30.3 Å². The van der Waals surface area contributed by atoms with Crippen LogP contribution < -0.4 is 10.1 Å². The minimum atomic E-state index is -0.113. The zero-order valence-corrected chi connectivity index (χ0v) is 25.0. The van der Waals surface area contributed by atoms with Gasteiger partial charge < -0.3 is 15.0 Å². The number of ether oxygens (including phenoxy) is 1. The Morgan fingerprint density at radius 1 is 0.892 bits per heavy atom. The molecule has 0 unspecified atom stereocenters. The summed E-state index contributed by atoms with van der Waals surface area (Å²) in [4.78, 5) is 15.0. The molecule has 2 aromatic rings. The number of thioether (sulfide) groups is 1. The van der Waals surface area contributed by atoms with Gasteiger partial charge in [-0.3, -0.25) is 4.79 Å². The molecule has 0 atom stereocenters. The third kappa shape index (κ3) is 12.9. The second-order valence-electron chi connectivity index (χ2n) is 9.74. The number of anilines is 1. The molecule has 0 spiro atoms. The summed E-state index contributed by atoms with van der Waals surface area (Å²) in [5.74, 6) is 1.64. The zero-order chi connectivity index (χ0) is 25.3. The number of hydrogen-bond acceptors (Lipinski definition) is 4. The summed E-state index contributed by atoms with van der Waals surface area (Å²) in [5, 5.41) is 5.11. The second-order valence-corrected chi connectivity index (χ2v) is 10.6. The van der Waals surface area contributed by atoms with Gasteiger partial charge in [0.05, 0.1) is 12.5 Å². The van der Waals surface area contributed by atoms with Gasteiger partial charge in [-0.15, -0.1) is 28.7 Å². The molecule has 0 bridgehead atoms. The largest absolute Gasteiger partial charge is 0.494 e. The Balaban J connectivity index is 0.00000481. The minimum absolute atomic E-state index is 0. The lowest BCUT2D eigenvalue weighted by Crippen LogP contribution is -2.13. The lowest BCUT2D eigenvalue weighted by Gasteiger charge is -2.15. The first-order valence-electron chi connectivity index (χ1n) is 13.9. The van der Waals surface area contributed by atoms with Crippen LogP contribution in [0.4, 0.5) is 5.69 Å². The first kappa shape index (κ1) is 31.3. The van der Waals surface area contributed by atoms with E-state index in [2.05, 4.69) is 40.9 Å². The van der Waals surface area contributed by atoms with Crippen LogP contribution in [-0.4, -0.2) is 23.3 Å². The molecule has 0 aromatic heterocycles. The van der Waals surface area contributed by atoms with E-state index >= 15 is 0 Å². The normalized spacial score (nSPS) is 12.4. The predicted octanol–water partition coefficient (Wildman–Crippen LogP) is 9.57. The van der Waals surface area contributed by atoms with Crippen molar-refractivity contribution in [1.29, 1.82) is 0 Å². The molecular formula is C31H45BrN2O2S. The number of halogens is 1. The number of rotatable bonds is 18. The number of benzene rings is 2. The second kappa shape index (κ2) is 19.2. The van der Waals surface area contributed by atoms with Crippen molar-refractivity contribution in [3.8, 4) is 5.75 Å². The first-order chi connectivity index (χ1) is 17.7. The van der Waals surface area contributed by atoms with Gasteiger partial charge in [0.15, 0.2) is 0 Å². The molecule has 3 rings (SSSR count). The molecule has 1 aliphatic rings. The average molecular weight is 590 g/mol. The molecule has 1 N–H and O–H groups in total. The number of unbranched alkanes of at least 4 members (excludes halogenated alkanes) is 11. The molecule has 6 heteroatoms. The van der Waals surface area contributed by atoms with Gasteiger partial charge in [-0.2, -0.15) is 0 Å².